The first kappa shape index (κ1) is 12.3. The molecular weight excluding hydrogens is 313 g/mol. The first-order chi connectivity index (χ1) is 8.00. The molecule has 0 fully saturated rings. The highest BCUT2D eigenvalue weighted by Gasteiger charge is 2.16. The summed E-state index contributed by atoms with van der Waals surface area (Å²) < 4.78 is 27.4. The van der Waals surface area contributed by atoms with Gasteiger partial charge in [-0.2, -0.15) is 0 Å². The SMILES string of the molecule is Oc1c(F)cccc1-c1c(F)cc(Br)cc1Cl. The highest BCUT2D eigenvalue weighted by atomic mass is 79.9. The van der Waals surface area contributed by atoms with Gasteiger partial charge < -0.3 is 5.11 Å². The van der Waals surface area contributed by atoms with Crippen LogP contribution in [-0.4, -0.2) is 5.11 Å². The Hall–Kier alpha value is -1.13. The number of rotatable bonds is 1. The second kappa shape index (κ2) is 4.63. The number of phenolic OH excluding ortho intramolecular Hbond substituents is 1. The standard InChI is InChI=1S/C12H6BrClF2O/c13-6-4-8(14)11(10(16)5-6)7-2-1-3-9(15)12(7)17/h1-5,17H. The predicted octanol–water partition coefficient (Wildman–Crippen LogP) is 4.75. The molecule has 0 atom stereocenters. The van der Waals surface area contributed by atoms with Crippen LogP contribution in [0.2, 0.25) is 5.02 Å². The summed E-state index contributed by atoms with van der Waals surface area (Å²) in [5, 5.41) is 9.65. The normalized spacial score (nSPS) is 10.6. The molecule has 0 radical (unpaired) electrons. The lowest BCUT2D eigenvalue weighted by atomic mass is 10.0. The van der Waals surface area contributed by atoms with E-state index in [1.807, 2.05) is 0 Å². The van der Waals surface area contributed by atoms with Crippen LogP contribution in [0.1, 0.15) is 0 Å². The Morgan fingerprint density at radius 3 is 2.47 bits per heavy atom. The van der Waals surface area contributed by atoms with Crippen molar-refractivity contribution in [3.8, 4) is 16.9 Å². The molecule has 2 aromatic carbocycles. The third-order valence-electron chi connectivity index (χ3n) is 2.26. The molecule has 0 aliphatic heterocycles. The fraction of sp³-hybridized carbons (Fsp3) is 0. The van der Waals surface area contributed by atoms with Gasteiger partial charge in [-0.05, 0) is 18.2 Å². The van der Waals surface area contributed by atoms with E-state index in [2.05, 4.69) is 15.9 Å². The van der Waals surface area contributed by atoms with E-state index < -0.39 is 17.4 Å². The smallest absolute Gasteiger partial charge is 0.165 e. The summed E-state index contributed by atoms with van der Waals surface area (Å²) in [7, 11) is 0. The zero-order valence-electron chi connectivity index (χ0n) is 8.35. The Morgan fingerprint density at radius 2 is 1.82 bits per heavy atom. The van der Waals surface area contributed by atoms with Crippen molar-refractivity contribution < 1.29 is 13.9 Å². The number of halogens is 4. The van der Waals surface area contributed by atoms with Gasteiger partial charge in [0.05, 0.1) is 5.02 Å². The molecule has 88 valence electrons. The van der Waals surface area contributed by atoms with E-state index in [1.165, 1.54) is 24.3 Å². The minimum Gasteiger partial charge on any atom is -0.504 e. The Morgan fingerprint density at radius 1 is 1.12 bits per heavy atom. The van der Waals surface area contributed by atoms with Gasteiger partial charge in [-0.1, -0.05) is 39.7 Å². The Kier molecular flexibility index (Phi) is 3.35. The molecule has 0 aromatic heterocycles. The summed E-state index contributed by atoms with van der Waals surface area (Å²) in [5.41, 5.74) is 0.00636. The van der Waals surface area contributed by atoms with Crippen LogP contribution in [0.5, 0.6) is 5.75 Å². The van der Waals surface area contributed by atoms with Crippen LogP contribution in [0, 0.1) is 11.6 Å². The molecule has 17 heavy (non-hydrogen) atoms. The van der Waals surface area contributed by atoms with Crippen molar-refractivity contribution in [2.45, 2.75) is 0 Å². The Labute approximate surface area is 110 Å². The maximum absolute atomic E-state index is 13.8. The zero-order chi connectivity index (χ0) is 12.6. The Bertz CT molecular complexity index is 564. The molecule has 5 heteroatoms. The van der Waals surface area contributed by atoms with Gasteiger partial charge in [-0.25, -0.2) is 8.78 Å². The molecular formula is C12H6BrClF2O. The number of aromatic hydroxyl groups is 1. The van der Waals surface area contributed by atoms with E-state index in [4.69, 9.17) is 11.6 Å². The molecule has 2 rings (SSSR count). The van der Waals surface area contributed by atoms with E-state index in [0.717, 1.165) is 6.07 Å². The molecule has 0 heterocycles. The first-order valence-corrected chi connectivity index (χ1v) is 5.80. The molecule has 0 spiro atoms. The van der Waals surface area contributed by atoms with Crippen molar-refractivity contribution in [3.63, 3.8) is 0 Å². The lowest BCUT2D eigenvalue weighted by Crippen LogP contribution is -1.89. The number of para-hydroxylation sites is 1. The van der Waals surface area contributed by atoms with Gasteiger partial charge in [0.2, 0.25) is 0 Å². The van der Waals surface area contributed by atoms with Crippen LogP contribution in [-0.2, 0) is 0 Å². The van der Waals surface area contributed by atoms with Crippen LogP contribution in [0.4, 0.5) is 8.78 Å². The van der Waals surface area contributed by atoms with Crippen molar-refractivity contribution in [3.05, 3.63) is 51.5 Å². The molecule has 1 nitrogen and oxygen atoms in total. The highest BCUT2D eigenvalue weighted by Crippen LogP contribution is 2.38. The van der Waals surface area contributed by atoms with Crippen LogP contribution >= 0.6 is 27.5 Å². The molecule has 0 amide bonds. The molecule has 0 saturated carbocycles. The third-order valence-corrected chi connectivity index (χ3v) is 3.02. The molecule has 1 N–H and O–H groups in total. The van der Waals surface area contributed by atoms with Crippen molar-refractivity contribution in [2.24, 2.45) is 0 Å². The summed E-state index contributed by atoms with van der Waals surface area (Å²) in [6.45, 7) is 0. The topological polar surface area (TPSA) is 20.2 Å². The third kappa shape index (κ3) is 2.28. The van der Waals surface area contributed by atoms with Gasteiger partial charge >= 0.3 is 0 Å². The van der Waals surface area contributed by atoms with Crippen LogP contribution in [0.25, 0.3) is 11.1 Å². The van der Waals surface area contributed by atoms with Crippen molar-refractivity contribution >= 4 is 27.5 Å². The maximum Gasteiger partial charge on any atom is 0.165 e. The summed E-state index contributed by atoms with van der Waals surface area (Å²) >= 11 is 8.98. The fourth-order valence-electron chi connectivity index (χ4n) is 1.52. The molecule has 0 unspecified atom stereocenters. The second-order valence-corrected chi connectivity index (χ2v) is 4.70. The molecule has 0 aliphatic rings. The minimum absolute atomic E-state index is 0.0214. The number of hydrogen-bond acceptors (Lipinski definition) is 1. The average Bonchev–Trinajstić information content (AvgIpc) is 2.23. The monoisotopic (exact) mass is 318 g/mol. The van der Waals surface area contributed by atoms with Crippen LogP contribution in [0.15, 0.2) is 34.8 Å². The van der Waals surface area contributed by atoms with Crippen molar-refractivity contribution in [1.29, 1.82) is 0 Å². The van der Waals surface area contributed by atoms with Crippen LogP contribution < -0.4 is 0 Å². The quantitative estimate of drug-likeness (QED) is 0.804. The van der Waals surface area contributed by atoms with Gasteiger partial charge in [0, 0.05) is 15.6 Å². The minimum atomic E-state index is -0.819. The second-order valence-electron chi connectivity index (χ2n) is 3.38. The van der Waals surface area contributed by atoms with E-state index in [9.17, 15) is 13.9 Å². The Balaban J connectivity index is 2.73. The average molecular weight is 320 g/mol. The van der Waals surface area contributed by atoms with Crippen LogP contribution in [0.3, 0.4) is 0 Å². The number of benzene rings is 2. The largest absolute Gasteiger partial charge is 0.504 e. The van der Waals surface area contributed by atoms with Gasteiger partial charge in [-0.3, -0.25) is 0 Å². The molecule has 0 aliphatic carbocycles. The predicted molar refractivity (Wildman–Crippen MR) is 66.2 cm³/mol. The maximum atomic E-state index is 13.8. The van der Waals surface area contributed by atoms with Crippen molar-refractivity contribution in [2.75, 3.05) is 0 Å². The summed E-state index contributed by atoms with van der Waals surface area (Å²) in [6, 6.07) is 6.54. The van der Waals surface area contributed by atoms with Gasteiger partial charge in [0.1, 0.15) is 5.82 Å². The number of hydrogen-bond donors (Lipinski definition) is 1. The highest BCUT2D eigenvalue weighted by molar-refractivity contribution is 9.10. The van der Waals surface area contributed by atoms with E-state index in [-0.39, 0.29) is 16.1 Å². The zero-order valence-corrected chi connectivity index (χ0v) is 10.7. The van der Waals surface area contributed by atoms with Gasteiger partial charge in [0.15, 0.2) is 11.6 Å². The molecule has 2 aromatic rings. The van der Waals surface area contributed by atoms with E-state index >= 15 is 0 Å². The van der Waals surface area contributed by atoms with E-state index in [1.54, 1.807) is 0 Å². The van der Waals surface area contributed by atoms with Gasteiger partial charge in [-0.15, -0.1) is 0 Å². The molecule has 0 saturated heterocycles. The summed E-state index contributed by atoms with van der Waals surface area (Å²) in [5.74, 6) is -2.07. The lowest BCUT2D eigenvalue weighted by molar-refractivity contribution is 0.434. The van der Waals surface area contributed by atoms with E-state index in [0.29, 0.717) is 4.47 Å². The van der Waals surface area contributed by atoms with Crippen molar-refractivity contribution in [1.82, 2.24) is 0 Å². The first-order valence-electron chi connectivity index (χ1n) is 4.63. The fourth-order valence-corrected chi connectivity index (χ4v) is 2.39. The summed E-state index contributed by atoms with van der Waals surface area (Å²) in [6.07, 6.45) is 0. The van der Waals surface area contributed by atoms with Gasteiger partial charge in [0.25, 0.3) is 0 Å². The molecule has 0 bridgehead atoms. The lowest BCUT2D eigenvalue weighted by Gasteiger charge is -2.09. The summed E-state index contributed by atoms with van der Waals surface area (Å²) in [4.78, 5) is 0. The number of phenols is 1.